The van der Waals surface area contributed by atoms with E-state index in [2.05, 4.69) is 5.32 Å². The molecule has 1 aromatic carbocycles. The second kappa shape index (κ2) is 6.66. The van der Waals surface area contributed by atoms with Gasteiger partial charge in [0, 0.05) is 17.2 Å². The molecule has 0 fully saturated rings. The van der Waals surface area contributed by atoms with Crippen LogP contribution in [0.15, 0.2) is 34.9 Å². The van der Waals surface area contributed by atoms with Gasteiger partial charge in [0.25, 0.3) is 0 Å². The van der Waals surface area contributed by atoms with Crippen LogP contribution in [-0.2, 0) is 6.42 Å². The topological polar surface area (TPSA) is 25.2 Å². The van der Waals surface area contributed by atoms with Gasteiger partial charge in [0.05, 0.1) is 6.26 Å². The van der Waals surface area contributed by atoms with Crippen molar-refractivity contribution in [2.24, 2.45) is 0 Å². The summed E-state index contributed by atoms with van der Waals surface area (Å²) < 4.78 is 32.8. The number of benzene rings is 1. The van der Waals surface area contributed by atoms with Crippen molar-refractivity contribution in [3.05, 3.63) is 59.1 Å². The van der Waals surface area contributed by atoms with Crippen molar-refractivity contribution in [2.45, 2.75) is 32.7 Å². The van der Waals surface area contributed by atoms with Crippen LogP contribution in [0.25, 0.3) is 0 Å². The predicted molar refractivity (Wildman–Crippen MR) is 74.5 cm³/mol. The first-order valence-electron chi connectivity index (χ1n) is 6.83. The first kappa shape index (κ1) is 14.7. The standard InChI is InChI=1S/C16H19F2NO/c1-3-7-19-16(12-8-11(2)20-10-12)9-13-14(17)5-4-6-15(13)18/h4-6,8,10,16,19H,3,7,9H2,1-2H3. The number of rotatable bonds is 6. The van der Waals surface area contributed by atoms with Crippen molar-refractivity contribution in [1.82, 2.24) is 5.32 Å². The largest absolute Gasteiger partial charge is 0.469 e. The fourth-order valence-electron chi connectivity index (χ4n) is 2.20. The van der Waals surface area contributed by atoms with Crippen molar-refractivity contribution in [2.75, 3.05) is 6.54 Å². The maximum absolute atomic E-state index is 13.8. The highest BCUT2D eigenvalue weighted by atomic mass is 19.1. The minimum Gasteiger partial charge on any atom is -0.469 e. The van der Waals surface area contributed by atoms with Gasteiger partial charge in [-0.3, -0.25) is 0 Å². The second-order valence-corrected chi connectivity index (χ2v) is 4.90. The molecule has 0 saturated heterocycles. The van der Waals surface area contributed by atoms with E-state index in [9.17, 15) is 8.78 Å². The normalized spacial score (nSPS) is 12.6. The van der Waals surface area contributed by atoms with E-state index in [1.807, 2.05) is 19.9 Å². The van der Waals surface area contributed by atoms with Crippen LogP contribution in [0.1, 0.15) is 36.3 Å². The number of aryl methyl sites for hydroxylation is 1. The Morgan fingerprint density at radius 2 is 1.95 bits per heavy atom. The van der Waals surface area contributed by atoms with Crippen molar-refractivity contribution in [1.29, 1.82) is 0 Å². The van der Waals surface area contributed by atoms with Gasteiger partial charge in [0.2, 0.25) is 0 Å². The van der Waals surface area contributed by atoms with Gasteiger partial charge in [-0.2, -0.15) is 0 Å². The van der Waals surface area contributed by atoms with Gasteiger partial charge in [-0.15, -0.1) is 0 Å². The van der Waals surface area contributed by atoms with Crippen molar-refractivity contribution >= 4 is 0 Å². The van der Waals surface area contributed by atoms with Gasteiger partial charge >= 0.3 is 0 Å². The lowest BCUT2D eigenvalue weighted by atomic mass is 9.99. The molecule has 1 unspecified atom stereocenters. The molecule has 0 amide bonds. The molecule has 2 nitrogen and oxygen atoms in total. The number of halogens is 2. The summed E-state index contributed by atoms with van der Waals surface area (Å²) >= 11 is 0. The number of hydrogen-bond acceptors (Lipinski definition) is 2. The third-order valence-corrected chi connectivity index (χ3v) is 3.26. The van der Waals surface area contributed by atoms with Crippen LogP contribution in [0.5, 0.6) is 0 Å². The first-order valence-corrected chi connectivity index (χ1v) is 6.83. The van der Waals surface area contributed by atoms with Gasteiger partial charge in [-0.1, -0.05) is 13.0 Å². The third kappa shape index (κ3) is 3.45. The van der Waals surface area contributed by atoms with E-state index in [0.29, 0.717) is 0 Å². The molecule has 4 heteroatoms. The molecular formula is C16H19F2NO. The summed E-state index contributed by atoms with van der Waals surface area (Å²) in [5.74, 6) is -0.223. The smallest absolute Gasteiger partial charge is 0.129 e. The van der Waals surface area contributed by atoms with E-state index >= 15 is 0 Å². The first-order chi connectivity index (χ1) is 9.61. The van der Waals surface area contributed by atoms with Crippen LogP contribution < -0.4 is 5.32 Å². The zero-order valence-corrected chi connectivity index (χ0v) is 11.7. The van der Waals surface area contributed by atoms with Crippen molar-refractivity contribution in [3.63, 3.8) is 0 Å². The summed E-state index contributed by atoms with van der Waals surface area (Å²) in [5.41, 5.74) is 1.03. The molecule has 0 saturated carbocycles. The average molecular weight is 279 g/mol. The quantitative estimate of drug-likeness (QED) is 0.859. The minimum atomic E-state index is -0.506. The Morgan fingerprint density at radius 1 is 1.25 bits per heavy atom. The molecule has 0 aliphatic carbocycles. The van der Waals surface area contributed by atoms with Crippen LogP contribution in [0, 0.1) is 18.6 Å². The predicted octanol–water partition coefficient (Wildman–Crippen LogP) is 4.15. The molecule has 0 aliphatic heterocycles. The Balaban J connectivity index is 2.23. The average Bonchev–Trinajstić information content (AvgIpc) is 2.84. The maximum atomic E-state index is 13.8. The van der Waals surface area contributed by atoms with E-state index < -0.39 is 11.6 Å². The molecule has 1 atom stereocenters. The van der Waals surface area contributed by atoms with Crippen molar-refractivity contribution in [3.8, 4) is 0 Å². The Hall–Kier alpha value is -1.68. The molecule has 0 aliphatic rings. The lowest BCUT2D eigenvalue weighted by Gasteiger charge is -2.18. The summed E-state index contributed by atoms with van der Waals surface area (Å²) in [6.45, 7) is 4.68. The van der Waals surface area contributed by atoms with E-state index in [4.69, 9.17) is 4.42 Å². The Labute approximate surface area is 117 Å². The summed E-state index contributed by atoms with van der Waals surface area (Å²) in [5, 5.41) is 3.31. The molecular weight excluding hydrogens is 260 g/mol. The van der Waals surface area contributed by atoms with Crippen LogP contribution in [0.2, 0.25) is 0 Å². The number of nitrogens with one attached hydrogen (secondary N) is 1. The maximum Gasteiger partial charge on any atom is 0.129 e. The van der Waals surface area contributed by atoms with Gasteiger partial charge < -0.3 is 9.73 Å². The summed E-state index contributed by atoms with van der Waals surface area (Å²) in [4.78, 5) is 0. The van der Waals surface area contributed by atoms with E-state index in [1.165, 1.54) is 18.2 Å². The molecule has 108 valence electrons. The SMILES string of the molecule is CCCNC(Cc1c(F)cccc1F)c1coc(C)c1. The molecule has 2 aromatic rings. The minimum absolute atomic E-state index is 0.111. The highest BCUT2D eigenvalue weighted by Crippen LogP contribution is 2.23. The molecule has 20 heavy (non-hydrogen) atoms. The van der Waals surface area contributed by atoms with Crippen LogP contribution >= 0.6 is 0 Å². The van der Waals surface area contributed by atoms with Gasteiger partial charge in [-0.05, 0) is 44.5 Å². The second-order valence-electron chi connectivity index (χ2n) is 4.90. The molecule has 0 bridgehead atoms. The van der Waals surface area contributed by atoms with Crippen LogP contribution in [0.3, 0.4) is 0 Å². The highest BCUT2D eigenvalue weighted by molar-refractivity contribution is 5.25. The molecule has 1 heterocycles. The zero-order chi connectivity index (χ0) is 14.5. The van der Waals surface area contributed by atoms with Crippen LogP contribution in [0.4, 0.5) is 8.78 Å². The monoisotopic (exact) mass is 279 g/mol. The molecule has 2 rings (SSSR count). The molecule has 0 radical (unpaired) electrons. The fourth-order valence-corrected chi connectivity index (χ4v) is 2.20. The number of furan rings is 1. The zero-order valence-electron chi connectivity index (χ0n) is 11.7. The number of hydrogen-bond donors (Lipinski definition) is 1. The highest BCUT2D eigenvalue weighted by Gasteiger charge is 2.18. The summed E-state index contributed by atoms with van der Waals surface area (Å²) in [6.07, 6.45) is 2.85. The van der Waals surface area contributed by atoms with Crippen molar-refractivity contribution < 1.29 is 13.2 Å². The fraction of sp³-hybridized carbons (Fsp3) is 0.375. The molecule has 1 N–H and O–H groups in total. The van der Waals surface area contributed by atoms with E-state index in [0.717, 1.165) is 24.3 Å². The Morgan fingerprint density at radius 3 is 2.50 bits per heavy atom. The Bertz CT molecular complexity index is 545. The molecule has 1 aromatic heterocycles. The molecule has 0 spiro atoms. The van der Waals surface area contributed by atoms with E-state index in [1.54, 1.807) is 6.26 Å². The van der Waals surface area contributed by atoms with Crippen LogP contribution in [-0.4, -0.2) is 6.54 Å². The summed E-state index contributed by atoms with van der Waals surface area (Å²) in [7, 11) is 0. The summed E-state index contributed by atoms with van der Waals surface area (Å²) in [6, 6.07) is 5.70. The van der Waals surface area contributed by atoms with E-state index in [-0.39, 0.29) is 18.0 Å². The van der Waals surface area contributed by atoms with Gasteiger partial charge in [0.1, 0.15) is 17.4 Å². The van der Waals surface area contributed by atoms with Gasteiger partial charge in [0.15, 0.2) is 0 Å². The third-order valence-electron chi connectivity index (χ3n) is 3.26. The van der Waals surface area contributed by atoms with Gasteiger partial charge in [-0.25, -0.2) is 8.78 Å². The Kier molecular flexibility index (Phi) is 4.90. The lowest BCUT2D eigenvalue weighted by molar-refractivity contribution is 0.480. The lowest BCUT2D eigenvalue weighted by Crippen LogP contribution is -2.24.